The van der Waals surface area contributed by atoms with E-state index in [1.807, 2.05) is 18.1 Å². The zero-order valence-corrected chi connectivity index (χ0v) is 10.2. The Kier molecular flexibility index (Phi) is 4.26. The Morgan fingerprint density at radius 1 is 1.62 bits per heavy atom. The topological polar surface area (TPSA) is 64.1 Å². The summed E-state index contributed by atoms with van der Waals surface area (Å²) in [5.74, 6) is 1.26. The number of aromatic nitrogens is 2. The van der Waals surface area contributed by atoms with Crippen LogP contribution in [0.15, 0.2) is 12.5 Å². The average Bonchev–Trinajstić information content (AvgIpc) is 2.77. The van der Waals surface area contributed by atoms with Crippen LogP contribution >= 0.6 is 11.8 Å². The molecular weight excluding hydrogens is 222 g/mol. The molecule has 2 unspecified atom stereocenters. The van der Waals surface area contributed by atoms with Gasteiger partial charge in [-0.05, 0) is 18.6 Å². The van der Waals surface area contributed by atoms with Gasteiger partial charge < -0.3 is 15.4 Å². The zero-order chi connectivity index (χ0) is 11.4. The number of hydrogen-bond acceptors (Lipinski definition) is 4. The van der Waals surface area contributed by atoms with E-state index in [-0.39, 0.29) is 12.6 Å². The van der Waals surface area contributed by atoms with Crippen LogP contribution < -0.4 is 5.73 Å². The molecule has 0 bridgehead atoms. The Labute approximate surface area is 100 Å². The van der Waals surface area contributed by atoms with E-state index in [0.717, 1.165) is 12.2 Å². The van der Waals surface area contributed by atoms with Gasteiger partial charge in [-0.2, -0.15) is 11.8 Å². The van der Waals surface area contributed by atoms with Gasteiger partial charge in [0.1, 0.15) is 0 Å². The summed E-state index contributed by atoms with van der Waals surface area (Å²) in [7, 11) is 0. The van der Waals surface area contributed by atoms with Crippen molar-refractivity contribution in [3.05, 3.63) is 18.2 Å². The van der Waals surface area contributed by atoms with E-state index in [1.165, 1.54) is 25.0 Å². The fourth-order valence-electron chi connectivity index (χ4n) is 2.06. The lowest BCUT2D eigenvalue weighted by Crippen LogP contribution is -2.23. The molecule has 16 heavy (non-hydrogen) atoms. The maximum Gasteiger partial charge on any atom is 0.0949 e. The fourth-order valence-corrected chi connectivity index (χ4v) is 3.36. The van der Waals surface area contributed by atoms with Crippen molar-refractivity contribution in [1.29, 1.82) is 0 Å². The maximum absolute atomic E-state index is 9.07. The SMILES string of the molecule is NC(CO)c1cncn1CC1CCCCS1. The lowest BCUT2D eigenvalue weighted by atomic mass is 10.2. The Morgan fingerprint density at radius 3 is 3.19 bits per heavy atom. The Balaban J connectivity index is 2.00. The van der Waals surface area contributed by atoms with Crippen LogP contribution in [-0.2, 0) is 6.54 Å². The third kappa shape index (κ3) is 2.78. The molecule has 1 fully saturated rings. The van der Waals surface area contributed by atoms with Crippen molar-refractivity contribution in [2.75, 3.05) is 12.4 Å². The number of aliphatic hydroxyl groups is 1. The van der Waals surface area contributed by atoms with Crippen LogP contribution in [0.5, 0.6) is 0 Å². The molecule has 5 heteroatoms. The van der Waals surface area contributed by atoms with E-state index in [0.29, 0.717) is 5.25 Å². The first-order valence-corrected chi connectivity index (χ1v) is 6.84. The molecular formula is C11H19N3OS. The summed E-state index contributed by atoms with van der Waals surface area (Å²) in [6.07, 6.45) is 7.52. The smallest absolute Gasteiger partial charge is 0.0949 e. The summed E-state index contributed by atoms with van der Waals surface area (Å²) < 4.78 is 2.09. The third-order valence-corrected chi connectivity index (χ3v) is 4.38. The molecule has 90 valence electrons. The van der Waals surface area contributed by atoms with Crippen LogP contribution in [-0.4, -0.2) is 32.3 Å². The van der Waals surface area contributed by atoms with E-state index in [2.05, 4.69) is 9.55 Å². The van der Waals surface area contributed by atoms with Crippen LogP contribution in [0, 0.1) is 0 Å². The summed E-state index contributed by atoms with van der Waals surface area (Å²) in [5, 5.41) is 9.74. The van der Waals surface area contributed by atoms with Gasteiger partial charge in [0.2, 0.25) is 0 Å². The monoisotopic (exact) mass is 241 g/mol. The van der Waals surface area contributed by atoms with E-state index in [9.17, 15) is 0 Å². The molecule has 0 amide bonds. The number of thioether (sulfide) groups is 1. The lowest BCUT2D eigenvalue weighted by Gasteiger charge is -2.23. The van der Waals surface area contributed by atoms with Crippen LogP contribution in [0.3, 0.4) is 0 Å². The molecule has 2 rings (SSSR count). The molecule has 2 heterocycles. The second-order valence-corrected chi connectivity index (χ2v) is 5.66. The molecule has 0 radical (unpaired) electrons. The minimum atomic E-state index is -0.309. The van der Waals surface area contributed by atoms with Crippen molar-refractivity contribution in [3.63, 3.8) is 0 Å². The zero-order valence-electron chi connectivity index (χ0n) is 9.38. The minimum Gasteiger partial charge on any atom is -0.394 e. The van der Waals surface area contributed by atoms with E-state index in [4.69, 9.17) is 10.8 Å². The van der Waals surface area contributed by atoms with Crippen LogP contribution in [0.2, 0.25) is 0 Å². The number of imidazole rings is 1. The summed E-state index contributed by atoms with van der Waals surface area (Å²) >= 11 is 2.04. The number of nitrogens with zero attached hydrogens (tertiary/aromatic N) is 2. The molecule has 0 aliphatic carbocycles. The largest absolute Gasteiger partial charge is 0.394 e. The van der Waals surface area contributed by atoms with Crippen molar-refractivity contribution in [3.8, 4) is 0 Å². The van der Waals surface area contributed by atoms with E-state index >= 15 is 0 Å². The van der Waals surface area contributed by atoms with Crippen molar-refractivity contribution >= 4 is 11.8 Å². The maximum atomic E-state index is 9.07. The molecule has 2 atom stereocenters. The summed E-state index contributed by atoms with van der Waals surface area (Å²) in [6.45, 7) is 0.942. The third-order valence-electron chi connectivity index (χ3n) is 3.00. The van der Waals surface area contributed by atoms with Crippen molar-refractivity contribution in [1.82, 2.24) is 9.55 Å². The summed E-state index contributed by atoms with van der Waals surface area (Å²) in [6, 6.07) is -0.309. The highest BCUT2D eigenvalue weighted by atomic mass is 32.2. The Hall–Kier alpha value is -0.520. The van der Waals surface area contributed by atoms with Crippen LogP contribution in [0.4, 0.5) is 0 Å². The van der Waals surface area contributed by atoms with Gasteiger partial charge in [0.25, 0.3) is 0 Å². The average molecular weight is 241 g/mol. The minimum absolute atomic E-state index is 0.0243. The first-order valence-electron chi connectivity index (χ1n) is 5.79. The van der Waals surface area contributed by atoms with Gasteiger partial charge >= 0.3 is 0 Å². The molecule has 1 saturated heterocycles. The number of rotatable bonds is 4. The highest BCUT2D eigenvalue weighted by Gasteiger charge is 2.17. The second-order valence-electron chi connectivity index (χ2n) is 4.25. The normalized spacial score (nSPS) is 23.2. The van der Waals surface area contributed by atoms with Gasteiger partial charge in [0.15, 0.2) is 0 Å². The summed E-state index contributed by atoms with van der Waals surface area (Å²) in [4.78, 5) is 4.12. The second kappa shape index (κ2) is 5.70. The predicted octanol–water partition coefficient (Wildman–Crippen LogP) is 1.16. The Morgan fingerprint density at radius 2 is 2.50 bits per heavy atom. The molecule has 1 aliphatic rings. The quantitative estimate of drug-likeness (QED) is 0.830. The van der Waals surface area contributed by atoms with Crippen LogP contribution in [0.25, 0.3) is 0 Å². The molecule has 4 nitrogen and oxygen atoms in total. The lowest BCUT2D eigenvalue weighted by molar-refractivity contribution is 0.263. The molecule has 0 spiro atoms. The predicted molar refractivity (Wildman–Crippen MR) is 66.3 cm³/mol. The molecule has 1 aliphatic heterocycles. The molecule has 0 saturated carbocycles. The van der Waals surface area contributed by atoms with Crippen molar-refractivity contribution in [2.45, 2.75) is 37.1 Å². The molecule has 0 aromatic carbocycles. The van der Waals surface area contributed by atoms with Gasteiger partial charge in [-0.25, -0.2) is 4.98 Å². The van der Waals surface area contributed by atoms with Crippen LogP contribution in [0.1, 0.15) is 31.0 Å². The van der Waals surface area contributed by atoms with Gasteiger partial charge in [0, 0.05) is 18.0 Å². The van der Waals surface area contributed by atoms with Gasteiger partial charge in [-0.3, -0.25) is 0 Å². The highest BCUT2D eigenvalue weighted by molar-refractivity contribution is 7.99. The molecule has 3 N–H and O–H groups in total. The van der Waals surface area contributed by atoms with E-state index < -0.39 is 0 Å². The number of nitrogens with two attached hydrogens (primary N) is 1. The van der Waals surface area contributed by atoms with Gasteiger partial charge in [-0.15, -0.1) is 0 Å². The van der Waals surface area contributed by atoms with Crippen molar-refractivity contribution in [2.24, 2.45) is 5.73 Å². The van der Waals surface area contributed by atoms with Crippen molar-refractivity contribution < 1.29 is 5.11 Å². The first-order chi connectivity index (χ1) is 7.81. The first kappa shape index (κ1) is 12.0. The molecule has 1 aromatic heterocycles. The van der Waals surface area contributed by atoms with Gasteiger partial charge in [-0.1, -0.05) is 6.42 Å². The van der Waals surface area contributed by atoms with E-state index in [1.54, 1.807) is 6.20 Å². The standard InChI is InChI=1S/C11H19N3OS/c12-10(7-15)11-5-13-8-14(11)6-9-3-1-2-4-16-9/h5,8-10,15H,1-4,6-7,12H2. The number of hydrogen-bond donors (Lipinski definition) is 2. The van der Waals surface area contributed by atoms with Gasteiger partial charge in [0.05, 0.1) is 24.7 Å². The molecule has 1 aromatic rings. The fraction of sp³-hybridized carbons (Fsp3) is 0.727. The summed E-state index contributed by atoms with van der Waals surface area (Å²) in [5.41, 5.74) is 6.77. The highest BCUT2D eigenvalue weighted by Crippen LogP contribution is 2.27. The Bertz CT molecular complexity index is 323. The number of aliphatic hydroxyl groups excluding tert-OH is 1.